The summed E-state index contributed by atoms with van der Waals surface area (Å²) in [6.45, 7) is 3.85. The Hall–Kier alpha value is -2.15. The molecule has 1 aromatic carbocycles. The number of nitrogens with zero attached hydrogens (tertiary/aromatic N) is 3. The molecule has 0 radical (unpaired) electrons. The van der Waals surface area contributed by atoms with Crippen LogP contribution >= 0.6 is 0 Å². The fourth-order valence-electron chi connectivity index (χ4n) is 3.10. The van der Waals surface area contributed by atoms with Crippen molar-refractivity contribution in [2.75, 3.05) is 18.6 Å². The molecule has 0 saturated carbocycles. The van der Waals surface area contributed by atoms with E-state index in [-0.39, 0.29) is 23.5 Å². The minimum absolute atomic E-state index is 0.0419. The van der Waals surface area contributed by atoms with Crippen molar-refractivity contribution in [3.63, 3.8) is 0 Å². The molecule has 0 bridgehead atoms. The lowest BCUT2D eigenvalue weighted by Gasteiger charge is -2.23. The van der Waals surface area contributed by atoms with Gasteiger partial charge in [-0.15, -0.1) is 0 Å². The third kappa shape index (κ3) is 2.96. The molecular formula is C17H21N3O3S. The van der Waals surface area contributed by atoms with E-state index in [1.165, 1.54) is 4.90 Å². The van der Waals surface area contributed by atoms with E-state index in [0.29, 0.717) is 12.0 Å². The summed E-state index contributed by atoms with van der Waals surface area (Å²) in [6, 6.07) is 7.58. The number of hydrogen-bond donors (Lipinski definition) is 0. The number of carbonyl (C=O) groups is 1. The first-order valence-corrected chi connectivity index (χ1v) is 9.70. The zero-order valence-corrected chi connectivity index (χ0v) is 14.9. The third-order valence-corrected chi connectivity index (χ3v) is 6.41. The highest BCUT2D eigenvalue weighted by atomic mass is 32.2. The Bertz CT molecular complexity index is 886. The molecule has 128 valence electrons. The predicted molar refractivity (Wildman–Crippen MR) is 92.2 cm³/mol. The van der Waals surface area contributed by atoms with E-state index in [1.54, 1.807) is 17.9 Å². The van der Waals surface area contributed by atoms with Gasteiger partial charge in [0.05, 0.1) is 34.6 Å². The molecule has 1 atom stereocenters. The molecule has 6 nitrogen and oxygen atoms in total. The molecule has 1 amide bonds. The van der Waals surface area contributed by atoms with E-state index >= 15 is 0 Å². The zero-order valence-electron chi connectivity index (χ0n) is 14.1. The van der Waals surface area contributed by atoms with Gasteiger partial charge >= 0.3 is 0 Å². The van der Waals surface area contributed by atoms with Gasteiger partial charge in [0, 0.05) is 13.1 Å². The molecule has 24 heavy (non-hydrogen) atoms. The maximum Gasteiger partial charge on any atom is 0.257 e. The predicted octanol–water partition coefficient (Wildman–Crippen LogP) is 1.75. The molecule has 0 spiro atoms. The van der Waals surface area contributed by atoms with Crippen molar-refractivity contribution in [3.05, 3.63) is 47.3 Å². The molecule has 0 unspecified atom stereocenters. The molecule has 1 saturated heterocycles. The number of benzene rings is 1. The van der Waals surface area contributed by atoms with E-state index in [4.69, 9.17) is 0 Å². The standard InChI is InChI=1S/C17H21N3O3S/c1-12-6-4-5-7-16(12)20-13(2)15(10-18-20)17(21)19(3)14-8-9-24(22,23)11-14/h4-7,10,14H,8-9,11H2,1-3H3/t14-/m1/s1. The van der Waals surface area contributed by atoms with Gasteiger partial charge in [0.2, 0.25) is 0 Å². The first kappa shape index (κ1) is 16.7. The van der Waals surface area contributed by atoms with Crippen LogP contribution in [-0.2, 0) is 9.84 Å². The Morgan fingerprint density at radius 1 is 1.29 bits per heavy atom. The molecular weight excluding hydrogens is 326 g/mol. The number of para-hydroxylation sites is 1. The monoisotopic (exact) mass is 347 g/mol. The molecule has 0 aliphatic carbocycles. The van der Waals surface area contributed by atoms with Crippen LogP contribution in [0.1, 0.15) is 28.0 Å². The molecule has 1 aromatic heterocycles. The Labute approximate surface area is 142 Å². The number of carbonyl (C=O) groups excluding carboxylic acids is 1. The second-order valence-corrected chi connectivity index (χ2v) is 8.54. The molecule has 3 rings (SSSR count). The summed E-state index contributed by atoms with van der Waals surface area (Å²) >= 11 is 0. The highest BCUT2D eigenvalue weighted by Gasteiger charge is 2.34. The normalized spacial score (nSPS) is 19.4. The van der Waals surface area contributed by atoms with Crippen molar-refractivity contribution >= 4 is 15.7 Å². The van der Waals surface area contributed by atoms with Crippen LogP contribution < -0.4 is 0 Å². The quantitative estimate of drug-likeness (QED) is 0.848. The molecule has 7 heteroatoms. The van der Waals surface area contributed by atoms with Crippen LogP contribution in [0.25, 0.3) is 5.69 Å². The smallest absolute Gasteiger partial charge is 0.257 e. The average molecular weight is 347 g/mol. The molecule has 2 aromatic rings. The van der Waals surface area contributed by atoms with E-state index in [9.17, 15) is 13.2 Å². The molecule has 1 aliphatic rings. The summed E-state index contributed by atoms with van der Waals surface area (Å²) in [7, 11) is -1.36. The van der Waals surface area contributed by atoms with Gasteiger partial charge in [0.1, 0.15) is 0 Å². The number of aryl methyl sites for hydroxylation is 1. The van der Waals surface area contributed by atoms with Crippen LogP contribution in [0, 0.1) is 13.8 Å². The van der Waals surface area contributed by atoms with Crippen molar-refractivity contribution in [3.8, 4) is 5.69 Å². The van der Waals surface area contributed by atoms with Crippen molar-refractivity contribution in [1.29, 1.82) is 0 Å². The summed E-state index contributed by atoms with van der Waals surface area (Å²) in [5.74, 6) is 0.00572. The minimum atomic E-state index is -3.02. The van der Waals surface area contributed by atoms with Crippen LogP contribution in [0.4, 0.5) is 0 Å². The minimum Gasteiger partial charge on any atom is -0.338 e. The molecule has 2 heterocycles. The lowest BCUT2D eigenvalue weighted by molar-refractivity contribution is 0.0747. The van der Waals surface area contributed by atoms with Crippen LogP contribution in [0.5, 0.6) is 0 Å². The number of sulfone groups is 1. The Balaban J connectivity index is 1.88. The molecule has 0 N–H and O–H groups in total. The highest BCUT2D eigenvalue weighted by molar-refractivity contribution is 7.91. The lowest BCUT2D eigenvalue weighted by atomic mass is 10.1. The molecule has 1 aliphatic heterocycles. The summed E-state index contributed by atoms with van der Waals surface area (Å²) < 4.78 is 25.0. The van der Waals surface area contributed by atoms with E-state index in [0.717, 1.165) is 16.9 Å². The number of aromatic nitrogens is 2. The van der Waals surface area contributed by atoms with Gasteiger partial charge < -0.3 is 4.90 Å². The van der Waals surface area contributed by atoms with Crippen LogP contribution in [0.3, 0.4) is 0 Å². The lowest BCUT2D eigenvalue weighted by Crippen LogP contribution is -2.38. The van der Waals surface area contributed by atoms with Crippen LogP contribution in [-0.4, -0.2) is 53.6 Å². The van der Waals surface area contributed by atoms with Crippen molar-refractivity contribution in [2.45, 2.75) is 26.3 Å². The van der Waals surface area contributed by atoms with Gasteiger partial charge in [-0.05, 0) is 31.9 Å². The maximum atomic E-state index is 12.8. The first-order valence-electron chi connectivity index (χ1n) is 7.88. The summed E-state index contributed by atoms with van der Waals surface area (Å²) in [6.07, 6.45) is 2.06. The summed E-state index contributed by atoms with van der Waals surface area (Å²) in [5, 5.41) is 4.36. The third-order valence-electron chi connectivity index (χ3n) is 4.66. The van der Waals surface area contributed by atoms with Crippen molar-refractivity contribution < 1.29 is 13.2 Å². The summed E-state index contributed by atoms with van der Waals surface area (Å²) in [5.41, 5.74) is 3.25. The Kier molecular flexibility index (Phi) is 4.21. The largest absolute Gasteiger partial charge is 0.338 e. The van der Waals surface area contributed by atoms with Gasteiger partial charge in [-0.3, -0.25) is 4.79 Å². The SMILES string of the molecule is Cc1ccccc1-n1ncc(C(=O)N(C)[C@@H]2CCS(=O)(=O)C2)c1C. The Morgan fingerprint density at radius 3 is 2.62 bits per heavy atom. The highest BCUT2D eigenvalue weighted by Crippen LogP contribution is 2.22. The maximum absolute atomic E-state index is 12.8. The first-order chi connectivity index (χ1) is 11.3. The van der Waals surface area contributed by atoms with Crippen LogP contribution in [0.2, 0.25) is 0 Å². The second-order valence-electron chi connectivity index (χ2n) is 6.31. The van der Waals surface area contributed by atoms with Crippen molar-refractivity contribution in [2.24, 2.45) is 0 Å². The fourth-order valence-corrected chi connectivity index (χ4v) is 4.87. The van der Waals surface area contributed by atoms with E-state index in [2.05, 4.69) is 5.10 Å². The Morgan fingerprint density at radius 2 is 2.00 bits per heavy atom. The topological polar surface area (TPSA) is 72.3 Å². The van der Waals surface area contributed by atoms with E-state index in [1.807, 2.05) is 38.1 Å². The van der Waals surface area contributed by atoms with Gasteiger partial charge in [0.15, 0.2) is 9.84 Å². The number of amides is 1. The van der Waals surface area contributed by atoms with Gasteiger partial charge in [0.25, 0.3) is 5.91 Å². The number of hydrogen-bond acceptors (Lipinski definition) is 4. The van der Waals surface area contributed by atoms with Gasteiger partial charge in [-0.25, -0.2) is 13.1 Å². The average Bonchev–Trinajstić information content (AvgIpc) is 3.09. The summed E-state index contributed by atoms with van der Waals surface area (Å²) in [4.78, 5) is 14.3. The van der Waals surface area contributed by atoms with Crippen LogP contribution in [0.15, 0.2) is 30.5 Å². The second kappa shape index (κ2) is 6.05. The van der Waals surface area contributed by atoms with Crippen molar-refractivity contribution in [1.82, 2.24) is 14.7 Å². The fraction of sp³-hybridized carbons (Fsp3) is 0.412. The van der Waals surface area contributed by atoms with E-state index < -0.39 is 9.84 Å². The van der Waals surface area contributed by atoms with Gasteiger partial charge in [-0.2, -0.15) is 5.10 Å². The zero-order chi connectivity index (χ0) is 17.5. The van der Waals surface area contributed by atoms with Gasteiger partial charge in [-0.1, -0.05) is 18.2 Å². The molecule has 1 fully saturated rings. The number of rotatable bonds is 3.